The van der Waals surface area contributed by atoms with Crippen molar-refractivity contribution in [2.75, 3.05) is 18.0 Å². The summed E-state index contributed by atoms with van der Waals surface area (Å²) in [6.07, 6.45) is 0. The molecule has 92 valence electrons. The maximum atomic E-state index is 11.8. The molecule has 0 spiro atoms. The summed E-state index contributed by atoms with van der Waals surface area (Å²) in [4.78, 5) is 13.9. The molecule has 0 saturated carbocycles. The molecule has 2 atom stereocenters. The molecule has 1 aromatic carbocycles. The first-order valence-corrected chi connectivity index (χ1v) is 6.45. The number of nitrogens with zero attached hydrogens (tertiary/aromatic N) is 1. The van der Waals surface area contributed by atoms with Gasteiger partial charge in [-0.25, -0.2) is 0 Å². The summed E-state index contributed by atoms with van der Waals surface area (Å²) in [6, 6.07) is 7.84. The Hall–Kier alpha value is -1.07. The largest absolute Gasteiger partial charge is 0.353 e. The molecule has 4 nitrogen and oxygen atoms in total. The second-order valence-corrected chi connectivity index (χ2v) is 5.06. The Morgan fingerprint density at radius 1 is 1.53 bits per heavy atom. The van der Waals surface area contributed by atoms with E-state index in [4.69, 9.17) is 5.73 Å². The lowest BCUT2D eigenvalue weighted by atomic mass is 10.1. The third kappa shape index (κ3) is 2.30. The van der Waals surface area contributed by atoms with Crippen molar-refractivity contribution in [2.24, 2.45) is 5.73 Å². The van der Waals surface area contributed by atoms with Crippen molar-refractivity contribution < 1.29 is 4.79 Å². The molecule has 1 fully saturated rings. The molecule has 2 unspecified atom stereocenters. The van der Waals surface area contributed by atoms with Crippen molar-refractivity contribution in [1.29, 1.82) is 0 Å². The predicted octanol–water partition coefficient (Wildman–Crippen LogP) is 1.10. The van der Waals surface area contributed by atoms with E-state index in [-0.39, 0.29) is 18.0 Å². The van der Waals surface area contributed by atoms with Crippen LogP contribution >= 0.6 is 15.9 Å². The zero-order valence-corrected chi connectivity index (χ0v) is 11.3. The molecular formula is C12H16BrN3O. The van der Waals surface area contributed by atoms with Gasteiger partial charge in [0, 0.05) is 23.6 Å². The number of carbonyl (C=O) groups excluding carboxylic acids is 1. The van der Waals surface area contributed by atoms with Crippen molar-refractivity contribution in [3.8, 4) is 0 Å². The summed E-state index contributed by atoms with van der Waals surface area (Å²) >= 11 is 3.52. The van der Waals surface area contributed by atoms with Gasteiger partial charge in [-0.15, -0.1) is 0 Å². The predicted molar refractivity (Wildman–Crippen MR) is 71.9 cm³/mol. The molecule has 1 aliphatic rings. The Kier molecular flexibility index (Phi) is 3.69. The Morgan fingerprint density at radius 2 is 2.24 bits per heavy atom. The molecule has 0 radical (unpaired) electrons. The third-order valence-corrected chi connectivity index (χ3v) is 3.71. The Balaban J connectivity index is 2.39. The highest BCUT2D eigenvalue weighted by atomic mass is 79.9. The Morgan fingerprint density at radius 3 is 2.88 bits per heavy atom. The van der Waals surface area contributed by atoms with Crippen LogP contribution in [0, 0.1) is 0 Å². The van der Waals surface area contributed by atoms with Crippen LogP contribution in [0.15, 0.2) is 28.7 Å². The highest BCUT2D eigenvalue weighted by molar-refractivity contribution is 9.10. The molecule has 3 N–H and O–H groups in total. The number of benzene rings is 1. The lowest BCUT2D eigenvalue weighted by Gasteiger charge is -2.41. The molecule has 1 amide bonds. The van der Waals surface area contributed by atoms with E-state index >= 15 is 0 Å². The van der Waals surface area contributed by atoms with Gasteiger partial charge < -0.3 is 16.0 Å². The van der Waals surface area contributed by atoms with Gasteiger partial charge in [-0.1, -0.05) is 12.1 Å². The average Bonchev–Trinajstić information content (AvgIpc) is 2.33. The number of nitrogens with two attached hydrogens (primary N) is 1. The number of hydrogen-bond donors (Lipinski definition) is 2. The first-order chi connectivity index (χ1) is 8.15. The van der Waals surface area contributed by atoms with E-state index in [0.29, 0.717) is 13.1 Å². The van der Waals surface area contributed by atoms with E-state index in [2.05, 4.69) is 33.1 Å². The lowest BCUT2D eigenvalue weighted by molar-refractivity contribution is -0.123. The Bertz CT molecular complexity index is 424. The van der Waals surface area contributed by atoms with Crippen molar-refractivity contribution >= 4 is 27.5 Å². The first-order valence-electron chi connectivity index (χ1n) is 5.65. The molecule has 1 aliphatic heterocycles. The number of halogens is 1. The number of piperazine rings is 1. The fraction of sp³-hybridized carbons (Fsp3) is 0.417. The van der Waals surface area contributed by atoms with Crippen LogP contribution in [-0.4, -0.2) is 31.1 Å². The van der Waals surface area contributed by atoms with Gasteiger partial charge in [-0.05, 0) is 35.0 Å². The van der Waals surface area contributed by atoms with E-state index in [1.54, 1.807) is 0 Å². The summed E-state index contributed by atoms with van der Waals surface area (Å²) in [5, 5.41) is 2.88. The van der Waals surface area contributed by atoms with Crippen LogP contribution in [0.1, 0.15) is 6.92 Å². The topological polar surface area (TPSA) is 58.4 Å². The van der Waals surface area contributed by atoms with E-state index < -0.39 is 0 Å². The van der Waals surface area contributed by atoms with E-state index in [9.17, 15) is 4.79 Å². The molecule has 0 aliphatic carbocycles. The monoisotopic (exact) mass is 297 g/mol. The SMILES string of the molecule is CC1CNC(=O)C(CN)N1c1ccccc1Br. The van der Waals surface area contributed by atoms with Crippen molar-refractivity contribution in [3.63, 3.8) is 0 Å². The second-order valence-electron chi connectivity index (χ2n) is 4.20. The van der Waals surface area contributed by atoms with Gasteiger partial charge in [0.1, 0.15) is 6.04 Å². The summed E-state index contributed by atoms with van der Waals surface area (Å²) < 4.78 is 0.986. The van der Waals surface area contributed by atoms with Crippen LogP contribution in [0.4, 0.5) is 5.69 Å². The summed E-state index contributed by atoms with van der Waals surface area (Å²) in [7, 11) is 0. The highest BCUT2D eigenvalue weighted by Gasteiger charge is 2.33. The molecule has 1 aromatic rings. The van der Waals surface area contributed by atoms with Crippen LogP contribution in [0.3, 0.4) is 0 Å². The number of nitrogens with one attached hydrogen (secondary N) is 1. The summed E-state index contributed by atoms with van der Waals surface area (Å²) in [5.41, 5.74) is 6.73. The molecule has 1 heterocycles. The van der Waals surface area contributed by atoms with Crippen LogP contribution in [0.2, 0.25) is 0 Å². The number of carbonyl (C=O) groups is 1. The standard InChI is InChI=1S/C12H16BrN3O/c1-8-7-15-12(17)11(6-14)16(8)10-5-3-2-4-9(10)13/h2-5,8,11H,6-7,14H2,1H3,(H,15,17). The Labute approximate surface area is 109 Å². The zero-order valence-electron chi connectivity index (χ0n) is 9.69. The van der Waals surface area contributed by atoms with Gasteiger partial charge in [0.25, 0.3) is 0 Å². The van der Waals surface area contributed by atoms with Gasteiger partial charge in [0.05, 0.1) is 5.69 Å². The number of amides is 1. The maximum Gasteiger partial charge on any atom is 0.244 e. The van der Waals surface area contributed by atoms with Gasteiger partial charge in [0.2, 0.25) is 5.91 Å². The van der Waals surface area contributed by atoms with Gasteiger partial charge in [-0.2, -0.15) is 0 Å². The molecule has 0 aromatic heterocycles. The number of rotatable bonds is 2. The van der Waals surface area contributed by atoms with Crippen molar-refractivity contribution in [3.05, 3.63) is 28.7 Å². The van der Waals surface area contributed by atoms with Crippen molar-refractivity contribution in [2.45, 2.75) is 19.0 Å². The minimum Gasteiger partial charge on any atom is -0.353 e. The van der Waals surface area contributed by atoms with E-state index in [1.807, 2.05) is 24.3 Å². The molecule has 1 saturated heterocycles. The summed E-state index contributed by atoms with van der Waals surface area (Å²) in [6.45, 7) is 3.05. The van der Waals surface area contributed by atoms with Crippen molar-refractivity contribution in [1.82, 2.24) is 5.32 Å². The quantitative estimate of drug-likeness (QED) is 0.859. The molecule has 17 heavy (non-hydrogen) atoms. The normalized spacial score (nSPS) is 24.6. The first kappa shape index (κ1) is 12.4. The fourth-order valence-electron chi connectivity index (χ4n) is 2.19. The van der Waals surface area contributed by atoms with Crippen LogP contribution in [0.5, 0.6) is 0 Å². The van der Waals surface area contributed by atoms with Gasteiger partial charge in [0.15, 0.2) is 0 Å². The molecule has 2 rings (SSSR count). The zero-order chi connectivity index (χ0) is 12.4. The smallest absolute Gasteiger partial charge is 0.244 e. The second kappa shape index (κ2) is 5.06. The number of hydrogen-bond acceptors (Lipinski definition) is 3. The summed E-state index contributed by atoms with van der Waals surface area (Å²) in [5.74, 6) is 0.00125. The maximum absolute atomic E-state index is 11.8. The van der Waals surface area contributed by atoms with E-state index in [0.717, 1.165) is 10.2 Å². The van der Waals surface area contributed by atoms with Gasteiger partial charge in [-0.3, -0.25) is 4.79 Å². The van der Waals surface area contributed by atoms with E-state index in [1.165, 1.54) is 0 Å². The van der Waals surface area contributed by atoms with Crippen LogP contribution in [-0.2, 0) is 4.79 Å². The lowest BCUT2D eigenvalue weighted by Crippen LogP contribution is -2.62. The van der Waals surface area contributed by atoms with Crippen LogP contribution < -0.4 is 16.0 Å². The van der Waals surface area contributed by atoms with Gasteiger partial charge >= 0.3 is 0 Å². The number of anilines is 1. The average molecular weight is 298 g/mol. The molecule has 0 bridgehead atoms. The third-order valence-electron chi connectivity index (χ3n) is 3.04. The minimum absolute atomic E-state index is 0.00125. The fourth-order valence-corrected chi connectivity index (χ4v) is 2.67. The highest BCUT2D eigenvalue weighted by Crippen LogP contribution is 2.30. The minimum atomic E-state index is -0.294. The molecule has 5 heteroatoms. The molecular weight excluding hydrogens is 282 g/mol. The number of para-hydroxylation sites is 1. The van der Waals surface area contributed by atoms with Crippen LogP contribution in [0.25, 0.3) is 0 Å².